The van der Waals surface area contributed by atoms with E-state index >= 15 is 0 Å². The molecule has 0 amide bonds. The Labute approximate surface area is 140 Å². The Bertz CT molecular complexity index is 816. The maximum absolute atomic E-state index is 6.04. The van der Waals surface area contributed by atoms with Crippen molar-refractivity contribution in [3.05, 3.63) is 44.5 Å². The summed E-state index contributed by atoms with van der Waals surface area (Å²) >= 11 is 11.2. The van der Waals surface area contributed by atoms with Gasteiger partial charge in [-0.2, -0.15) is 4.98 Å². The van der Waals surface area contributed by atoms with E-state index in [9.17, 15) is 0 Å². The lowest BCUT2D eigenvalue weighted by atomic mass is 10.2. The minimum absolute atomic E-state index is 0.268. The van der Waals surface area contributed by atoms with Crippen LogP contribution in [0.15, 0.2) is 28.7 Å². The Balaban J connectivity index is 2.08. The molecule has 0 spiro atoms. The quantitative estimate of drug-likeness (QED) is 0.588. The van der Waals surface area contributed by atoms with E-state index in [1.165, 1.54) is 4.88 Å². The SMILES string of the molecule is CCc1cc2c(Nc3ccc(Br)cc3C)nc(Cl)nc2s1. The summed E-state index contributed by atoms with van der Waals surface area (Å²) < 4.78 is 1.06. The van der Waals surface area contributed by atoms with Gasteiger partial charge in [-0.05, 0) is 54.8 Å². The van der Waals surface area contributed by atoms with Gasteiger partial charge in [-0.3, -0.25) is 0 Å². The number of anilines is 2. The lowest BCUT2D eigenvalue weighted by molar-refractivity contribution is 1.19. The lowest BCUT2D eigenvalue weighted by Crippen LogP contribution is -1.97. The normalized spacial score (nSPS) is 11.0. The molecule has 2 heterocycles. The van der Waals surface area contributed by atoms with Crippen molar-refractivity contribution in [3.8, 4) is 0 Å². The first-order chi connectivity index (χ1) is 10.1. The van der Waals surface area contributed by atoms with Crippen LogP contribution in [0.25, 0.3) is 10.2 Å². The number of hydrogen-bond donors (Lipinski definition) is 1. The molecule has 0 aliphatic heterocycles. The lowest BCUT2D eigenvalue weighted by Gasteiger charge is -2.10. The van der Waals surface area contributed by atoms with Gasteiger partial charge >= 0.3 is 0 Å². The summed E-state index contributed by atoms with van der Waals surface area (Å²) in [5.41, 5.74) is 2.15. The van der Waals surface area contributed by atoms with E-state index in [0.717, 1.165) is 38.2 Å². The van der Waals surface area contributed by atoms with Crippen LogP contribution in [0.1, 0.15) is 17.4 Å². The molecule has 3 rings (SSSR count). The van der Waals surface area contributed by atoms with Crippen LogP contribution in [0, 0.1) is 6.92 Å². The topological polar surface area (TPSA) is 37.8 Å². The molecule has 0 atom stereocenters. The molecule has 1 aromatic carbocycles. The number of nitrogens with zero attached hydrogens (tertiary/aromatic N) is 2. The highest BCUT2D eigenvalue weighted by Crippen LogP contribution is 2.33. The number of aromatic nitrogens is 2. The smallest absolute Gasteiger partial charge is 0.225 e. The van der Waals surface area contributed by atoms with Crippen molar-refractivity contribution >= 4 is 60.6 Å². The van der Waals surface area contributed by atoms with Gasteiger partial charge in [0.1, 0.15) is 10.6 Å². The van der Waals surface area contributed by atoms with Crippen molar-refractivity contribution in [1.82, 2.24) is 9.97 Å². The monoisotopic (exact) mass is 381 g/mol. The second-order valence-electron chi connectivity index (χ2n) is 4.71. The van der Waals surface area contributed by atoms with Crippen molar-refractivity contribution in [2.24, 2.45) is 0 Å². The second-order valence-corrected chi connectivity index (χ2v) is 7.08. The molecule has 1 N–H and O–H groups in total. The summed E-state index contributed by atoms with van der Waals surface area (Å²) in [4.78, 5) is 10.8. The number of nitrogens with one attached hydrogen (secondary N) is 1. The molecule has 0 unspecified atom stereocenters. The minimum atomic E-state index is 0.268. The summed E-state index contributed by atoms with van der Waals surface area (Å²) in [7, 11) is 0. The second kappa shape index (κ2) is 5.91. The molecule has 2 aromatic heterocycles. The van der Waals surface area contributed by atoms with E-state index in [1.54, 1.807) is 11.3 Å². The van der Waals surface area contributed by atoms with Crippen LogP contribution in [0.3, 0.4) is 0 Å². The summed E-state index contributed by atoms with van der Waals surface area (Å²) in [5, 5.41) is 4.66. The first-order valence-corrected chi connectivity index (χ1v) is 8.54. The van der Waals surface area contributed by atoms with Crippen LogP contribution in [-0.2, 0) is 6.42 Å². The fraction of sp³-hybridized carbons (Fsp3) is 0.200. The van der Waals surface area contributed by atoms with Crippen molar-refractivity contribution in [2.45, 2.75) is 20.3 Å². The average molecular weight is 383 g/mol. The third-order valence-corrected chi connectivity index (χ3v) is 5.04. The highest BCUT2D eigenvalue weighted by molar-refractivity contribution is 9.10. The van der Waals surface area contributed by atoms with E-state index < -0.39 is 0 Å². The van der Waals surface area contributed by atoms with E-state index in [2.05, 4.69) is 57.2 Å². The van der Waals surface area contributed by atoms with Gasteiger partial charge < -0.3 is 5.32 Å². The molecule has 0 aliphatic carbocycles. The molecule has 3 aromatic rings. The standard InChI is InChI=1S/C15H13BrClN3S/c1-3-10-7-11-13(19-15(17)20-14(11)21-10)18-12-5-4-9(16)6-8(12)2/h4-7H,3H2,1-2H3,(H,18,19,20). The molecule has 0 bridgehead atoms. The minimum Gasteiger partial charge on any atom is -0.339 e. The Morgan fingerprint density at radius 1 is 1.29 bits per heavy atom. The first-order valence-electron chi connectivity index (χ1n) is 6.56. The molecule has 0 aliphatic rings. The predicted octanol–water partition coefficient (Wildman–Crippen LogP) is 5.72. The molecule has 21 heavy (non-hydrogen) atoms. The van der Waals surface area contributed by atoms with Gasteiger partial charge in [-0.25, -0.2) is 4.98 Å². The molecular weight excluding hydrogens is 370 g/mol. The summed E-state index contributed by atoms with van der Waals surface area (Å²) in [6, 6.07) is 8.22. The van der Waals surface area contributed by atoms with Crippen LogP contribution in [0.2, 0.25) is 5.28 Å². The molecule has 0 saturated carbocycles. The number of aryl methyl sites for hydroxylation is 2. The van der Waals surface area contributed by atoms with E-state index in [0.29, 0.717) is 0 Å². The Hall–Kier alpha value is -1.17. The van der Waals surface area contributed by atoms with Crippen LogP contribution in [0.4, 0.5) is 11.5 Å². The van der Waals surface area contributed by atoms with Gasteiger partial charge in [-0.1, -0.05) is 22.9 Å². The van der Waals surface area contributed by atoms with Gasteiger partial charge in [-0.15, -0.1) is 11.3 Å². The van der Waals surface area contributed by atoms with E-state index in [-0.39, 0.29) is 5.28 Å². The Morgan fingerprint density at radius 3 is 2.81 bits per heavy atom. The zero-order valence-electron chi connectivity index (χ0n) is 11.6. The zero-order chi connectivity index (χ0) is 15.0. The number of rotatable bonds is 3. The molecule has 0 radical (unpaired) electrons. The van der Waals surface area contributed by atoms with Gasteiger partial charge in [0, 0.05) is 15.0 Å². The molecule has 6 heteroatoms. The highest BCUT2D eigenvalue weighted by Gasteiger charge is 2.11. The third-order valence-electron chi connectivity index (χ3n) is 3.21. The number of hydrogen-bond acceptors (Lipinski definition) is 4. The molecule has 3 nitrogen and oxygen atoms in total. The van der Waals surface area contributed by atoms with Gasteiger partial charge in [0.2, 0.25) is 5.28 Å². The summed E-state index contributed by atoms with van der Waals surface area (Å²) in [6.45, 7) is 4.18. The van der Waals surface area contributed by atoms with Gasteiger partial charge in [0.15, 0.2) is 0 Å². The maximum Gasteiger partial charge on any atom is 0.225 e. The van der Waals surface area contributed by atoms with E-state index in [4.69, 9.17) is 11.6 Å². The Kier molecular flexibility index (Phi) is 4.15. The number of benzene rings is 1. The molecule has 0 fully saturated rings. The number of halogens is 2. The summed E-state index contributed by atoms with van der Waals surface area (Å²) in [6.07, 6.45) is 0.982. The average Bonchev–Trinajstić information content (AvgIpc) is 2.85. The maximum atomic E-state index is 6.04. The van der Waals surface area contributed by atoms with Gasteiger partial charge in [0.05, 0.1) is 5.39 Å². The fourth-order valence-electron chi connectivity index (χ4n) is 2.11. The van der Waals surface area contributed by atoms with Crippen molar-refractivity contribution in [1.29, 1.82) is 0 Å². The molecular formula is C15H13BrClN3S. The third kappa shape index (κ3) is 3.05. The van der Waals surface area contributed by atoms with Crippen molar-refractivity contribution < 1.29 is 0 Å². The first kappa shape index (κ1) is 14.8. The fourth-order valence-corrected chi connectivity index (χ4v) is 3.77. The number of thiophene rings is 1. The largest absolute Gasteiger partial charge is 0.339 e. The predicted molar refractivity (Wildman–Crippen MR) is 94.0 cm³/mol. The Morgan fingerprint density at radius 2 is 2.10 bits per heavy atom. The van der Waals surface area contributed by atoms with Crippen molar-refractivity contribution in [2.75, 3.05) is 5.32 Å². The zero-order valence-corrected chi connectivity index (χ0v) is 14.7. The highest BCUT2D eigenvalue weighted by atomic mass is 79.9. The van der Waals surface area contributed by atoms with Crippen LogP contribution in [-0.4, -0.2) is 9.97 Å². The van der Waals surface area contributed by atoms with E-state index in [1.807, 2.05) is 12.1 Å². The van der Waals surface area contributed by atoms with Crippen LogP contribution < -0.4 is 5.32 Å². The van der Waals surface area contributed by atoms with Crippen LogP contribution >= 0.6 is 38.9 Å². The number of fused-ring (bicyclic) bond motifs is 1. The van der Waals surface area contributed by atoms with Gasteiger partial charge in [0.25, 0.3) is 0 Å². The van der Waals surface area contributed by atoms with Crippen LogP contribution in [0.5, 0.6) is 0 Å². The molecule has 0 saturated heterocycles. The van der Waals surface area contributed by atoms with Crippen molar-refractivity contribution in [3.63, 3.8) is 0 Å². The molecule has 108 valence electrons. The summed E-state index contributed by atoms with van der Waals surface area (Å²) in [5.74, 6) is 0.756.